The Bertz CT molecular complexity index is 794. The zero-order valence-electron chi connectivity index (χ0n) is 16.5. The molecule has 150 valence electrons. The van der Waals surface area contributed by atoms with Crippen molar-refractivity contribution in [2.75, 3.05) is 34.3 Å². The van der Waals surface area contributed by atoms with Gasteiger partial charge in [-0.25, -0.2) is 4.99 Å². The molecule has 2 rings (SSSR count). The topological polar surface area (TPSA) is 66.0 Å². The van der Waals surface area contributed by atoms with Gasteiger partial charge in [0, 0.05) is 20.6 Å². The van der Waals surface area contributed by atoms with Crippen molar-refractivity contribution in [2.24, 2.45) is 4.99 Å². The number of guanidine groups is 1. The van der Waals surface area contributed by atoms with E-state index in [0.29, 0.717) is 29.8 Å². The molecule has 1 amide bonds. The van der Waals surface area contributed by atoms with Crippen LogP contribution in [0.2, 0.25) is 5.02 Å². The molecule has 2 N–H and O–H groups in total. The van der Waals surface area contributed by atoms with Gasteiger partial charge in [0.05, 0.1) is 25.2 Å². The minimum Gasteiger partial charge on any atom is -0.495 e. The van der Waals surface area contributed by atoms with Crippen LogP contribution in [0.1, 0.15) is 11.1 Å². The molecule has 0 saturated carbocycles. The van der Waals surface area contributed by atoms with Crippen molar-refractivity contribution in [1.82, 2.24) is 15.5 Å². The molecule has 0 aliphatic rings. The first-order chi connectivity index (χ1) is 13.5. The molecule has 0 radical (unpaired) electrons. The molecular formula is C21H27ClN4O2. The summed E-state index contributed by atoms with van der Waals surface area (Å²) in [7, 11) is 5.03. The lowest BCUT2D eigenvalue weighted by molar-refractivity contribution is -0.127. The van der Waals surface area contributed by atoms with Gasteiger partial charge in [0.1, 0.15) is 5.75 Å². The number of benzene rings is 2. The Morgan fingerprint density at radius 2 is 1.86 bits per heavy atom. The van der Waals surface area contributed by atoms with Gasteiger partial charge in [0.15, 0.2) is 5.96 Å². The van der Waals surface area contributed by atoms with E-state index < -0.39 is 0 Å². The van der Waals surface area contributed by atoms with E-state index in [1.807, 2.05) is 36.4 Å². The lowest BCUT2D eigenvalue weighted by atomic mass is 10.1. The average Bonchev–Trinajstić information content (AvgIpc) is 2.70. The summed E-state index contributed by atoms with van der Waals surface area (Å²) in [5, 5.41) is 6.91. The van der Waals surface area contributed by atoms with Crippen LogP contribution in [0, 0.1) is 0 Å². The van der Waals surface area contributed by atoms with E-state index in [1.54, 1.807) is 21.2 Å². The number of likely N-dealkylation sites (N-methyl/N-ethyl adjacent to an activating group) is 1. The van der Waals surface area contributed by atoms with Gasteiger partial charge in [0.25, 0.3) is 0 Å². The highest BCUT2D eigenvalue weighted by molar-refractivity contribution is 6.32. The monoisotopic (exact) mass is 402 g/mol. The summed E-state index contributed by atoms with van der Waals surface area (Å²) >= 11 is 6.18. The molecule has 0 fully saturated rings. The fourth-order valence-electron chi connectivity index (χ4n) is 2.44. The van der Waals surface area contributed by atoms with Crippen molar-refractivity contribution in [2.45, 2.75) is 13.0 Å². The number of aliphatic imine (C=N–C) groups is 1. The number of amides is 1. The van der Waals surface area contributed by atoms with Crippen molar-refractivity contribution in [1.29, 1.82) is 0 Å². The largest absolute Gasteiger partial charge is 0.495 e. The molecule has 0 aliphatic carbocycles. The van der Waals surface area contributed by atoms with Crippen LogP contribution >= 0.6 is 11.6 Å². The van der Waals surface area contributed by atoms with Crippen LogP contribution in [0.4, 0.5) is 0 Å². The first kappa shape index (κ1) is 21.6. The van der Waals surface area contributed by atoms with Gasteiger partial charge in [-0.15, -0.1) is 0 Å². The van der Waals surface area contributed by atoms with E-state index in [4.69, 9.17) is 16.3 Å². The van der Waals surface area contributed by atoms with Crippen molar-refractivity contribution in [3.05, 3.63) is 64.7 Å². The number of methoxy groups -OCH3 is 1. The average molecular weight is 403 g/mol. The first-order valence-corrected chi connectivity index (χ1v) is 9.46. The maximum absolute atomic E-state index is 11.9. The molecule has 0 aliphatic heterocycles. The number of nitrogens with one attached hydrogen (secondary N) is 2. The molecule has 0 aromatic heterocycles. The van der Waals surface area contributed by atoms with Crippen molar-refractivity contribution in [3.8, 4) is 5.75 Å². The van der Waals surface area contributed by atoms with Crippen molar-refractivity contribution in [3.63, 3.8) is 0 Å². The molecule has 7 heteroatoms. The zero-order valence-corrected chi connectivity index (χ0v) is 17.3. The number of hydrogen-bond donors (Lipinski definition) is 2. The van der Waals surface area contributed by atoms with Crippen LogP contribution in [-0.2, 0) is 17.8 Å². The smallest absolute Gasteiger partial charge is 0.241 e. The van der Waals surface area contributed by atoms with E-state index in [0.717, 1.165) is 12.0 Å². The first-order valence-electron chi connectivity index (χ1n) is 9.08. The van der Waals surface area contributed by atoms with E-state index in [9.17, 15) is 4.79 Å². The third kappa shape index (κ3) is 7.12. The van der Waals surface area contributed by atoms with Crippen LogP contribution in [0.5, 0.6) is 5.75 Å². The number of hydrogen-bond acceptors (Lipinski definition) is 3. The quantitative estimate of drug-likeness (QED) is 0.526. The Morgan fingerprint density at radius 1 is 1.11 bits per heavy atom. The maximum Gasteiger partial charge on any atom is 0.241 e. The molecule has 2 aromatic carbocycles. The molecule has 6 nitrogen and oxygen atoms in total. The normalized spacial score (nSPS) is 11.1. The molecule has 28 heavy (non-hydrogen) atoms. The number of ether oxygens (including phenoxy) is 1. The van der Waals surface area contributed by atoms with E-state index in [1.165, 1.54) is 10.5 Å². The zero-order chi connectivity index (χ0) is 20.4. The third-order valence-corrected chi connectivity index (χ3v) is 4.39. The molecule has 2 aromatic rings. The van der Waals surface area contributed by atoms with E-state index in [-0.39, 0.29) is 12.5 Å². The molecular weight excluding hydrogens is 376 g/mol. The summed E-state index contributed by atoms with van der Waals surface area (Å²) in [4.78, 5) is 18.0. The Hall–Kier alpha value is -2.73. The number of halogens is 1. The second-order valence-electron chi connectivity index (χ2n) is 6.44. The van der Waals surface area contributed by atoms with Gasteiger partial charge < -0.3 is 20.3 Å². The molecule has 0 unspecified atom stereocenters. The fraction of sp³-hybridized carbons (Fsp3) is 0.333. The van der Waals surface area contributed by atoms with Crippen LogP contribution in [0.15, 0.2) is 53.5 Å². The van der Waals surface area contributed by atoms with Crippen LogP contribution in [0.25, 0.3) is 0 Å². The number of nitrogens with zero attached hydrogens (tertiary/aromatic N) is 2. The summed E-state index contributed by atoms with van der Waals surface area (Å²) in [6.45, 7) is 1.31. The second kappa shape index (κ2) is 11.2. The number of carbonyl (C=O) groups is 1. The van der Waals surface area contributed by atoms with Crippen LogP contribution < -0.4 is 15.4 Å². The summed E-state index contributed by atoms with van der Waals surface area (Å²) in [5.41, 5.74) is 2.19. The van der Waals surface area contributed by atoms with Gasteiger partial charge in [0.2, 0.25) is 5.91 Å². The Morgan fingerprint density at radius 3 is 2.50 bits per heavy atom. The summed E-state index contributed by atoms with van der Waals surface area (Å²) in [5.74, 6) is 1.19. The van der Waals surface area contributed by atoms with Crippen molar-refractivity contribution >= 4 is 23.5 Å². The van der Waals surface area contributed by atoms with Gasteiger partial charge in [-0.2, -0.15) is 0 Å². The van der Waals surface area contributed by atoms with Gasteiger partial charge in [-0.3, -0.25) is 4.79 Å². The van der Waals surface area contributed by atoms with Gasteiger partial charge in [-0.1, -0.05) is 48.0 Å². The standard InChI is InChI=1S/C21H27ClN4O2/c1-26(2)20(27)15-25-21(23-12-11-16-7-5-4-6-8-16)24-14-17-9-10-19(28-3)18(22)13-17/h4-10,13H,11-12,14-15H2,1-3H3,(H2,23,24,25). The molecule has 0 atom stereocenters. The summed E-state index contributed by atoms with van der Waals surface area (Å²) < 4.78 is 5.17. The highest BCUT2D eigenvalue weighted by Gasteiger charge is 2.07. The van der Waals surface area contributed by atoms with E-state index in [2.05, 4.69) is 27.8 Å². The molecule has 0 heterocycles. The third-order valence-electron chi connectivity index (χ3n) is 4.09. The summed E-state index contributed by atoms with van der Waals surface area (Å²) in [6, 6.07) is 15.8. The molecule has 0 bridgehead atoms. The van der Waals surface area contributed by atoms with E-state index >= 15 is 0 Å². The number of carbonyl (C=O) groups excluding carboxylic acids is 1. The predicted molar refractivity (Wildman–Crippen MR) is 114 cm³/mol. The van der Waals surface area contributed by atoms with Crippen molar-refractivity contribution < 1.29 is 9.53 Å². The Balaban J connectivity index is 2.00. The van der Waals surface area contributed by atoms with Crippen LogP contribution in [-0.4, -0.2) is 51.1 Å². The Labute approximate surface area is 171 Å². The predicted octanol–water partition coefficient (Wildman–Crippen LogP) is 2.71. The minimum atomic E-state index is -0.0231. The lowest BCUT2D eigenvalue weighted by Crippen LogP contribution is -2.43. The lowest BCUT2D eigenvalue weighted by Gasteiger charge is -2.15. The second-order valence-corrected chi connectivity index (χ2v) is 6.85. The van der Waals surface area contributed by atoms with Gasteiger partial charge >= 0.3 is 0 Å². The SMILES string of the molecule is COc1ccc(CN=C(NCCc2ccccc2)NCC(=O)N(C)C)cc1Cl. The fourth-order valence-corrected chi connectivity index (χ4v) is 2.72. The molecule has 0 spiro atoms. The Kier molecular flexibility index (Phi) is 8.62. The van der Waals surface area contributed by atoms with Gasteiger partial charge in [-0.05, 0) is 29.7 Å². The maximum atomic E-state index is 11.9. The minimum absolute atomic E-state index is 0.0231. The number of rotatable bonds is 8. The highest BCUT2D eigenvalue weighted by Crippen LogP contribution is 2.25. The molecule has 0 saturated heterocycles. The highest BCUT2D eigenvalue weighted by atomic mass is 35.5. The van der Waals surface area contributed by atoms with Crippen LogP contribution in [0.3, 0.4) is 0 Å². The summed E-state index contributed by atoms with van der Waals surface area (Å²) in [6.07, 6.45) is 0.859.